The van der Waals surface area contributed by atoms with Crippen LogP contribution in [0.5, 0.6) is 0 Å². The standard InChI is InChI=1S/C27H27FN4O3/c1-4-31-13-19(27(34)35)26(33)25-18-10-20(28)23(11-21(18)30-12-24(25)31)32-8-7-29-22(14-32)17-6-5-15(2)16(3)9-17/h5-6,9-13,22,29H,4,7-8,14H2,1-3H3,(H,34,35). The van der Waals surface area contributed by atoms with E-state index in [1.807, 2.05) is 11.8 Å². The summed E-state index contributed by atoms with van der Waals surface area (Å²) in [6, 6.07) is 9.41. The molecule has 1 aliphatic rings. The molecule has 4 aromatic rings. The summed E-state index contributed by atoms with van der Waals surface area (Å²) in [6.07, 6.45) is 2.88. The molecule has 0 amide bonds. The highest BCUT2D eigenvalue weighted by atomic mass is 19.1. The zero-order valence-corrected chi connectivity index (χ0v) is 19.9. The van der Waals surface area contributed by atoms with Crippen LogP contribution in [0.15, 0.2) is 47.5 Å². The van der Waals surface area contributed by atoms with Gasteiger partial charge in [-0.3, -0.25) is 9.78 Å². The number of pyridine rings is 2. The van der Waals surface area contributed by atoms with E-state index in [1.54, 1.807) is 16.8 Å². The first-order valence-corrected chi connectivity index (χ1v) is 11.7. The highest BCUT2D eigenvalue weighted by molar-refractivity contribution is 6.07. The van der Waals surface area contributed by atoms with Crippen molar-refractivity contribution >= 4 is 33.5 Å². The number of anilines is 1. The van der Waals surface area contributed by atoms with Crippen molar-refractivity contribution in [1.29, 1.82) is 0 Å². The van der Waals surface area contributed by atoms with Crippen LogP contribution in [0.3, 0.4) is 0 Å². The van der Waals surface area contributed by atoms with Crippen molar-refractivity contribution in [3.63, 3.8) is 0 Å². The Labute approximate surface area is 201 Å². The number of hydrogen-bond donors (Lipinski definition) is 2. The molecular weight excluding hydrogens is 447 g/mol. The summed E-state index contributed by atoms with van der Waals surface area (Å²) in [4.78, 5) is 31.2. The monoisotopic (exact) mass is 474 g/mol. The van der Waals surface area contributed by atoms with Crippen LogP contribution in [-0.4, -0.2) is 40.3 Å². The molecule has 2 aromatic heterocycles. The van der Waals surface area contributed by atoms with E-state index in [-0.39, 0.29) is 17.0 Å². The van der Waals surface area contributed by atoms with Gasteiger partial charge in [-0.25, -0.2) is 9.18 Å². The highest BCUT2D eigenvalue weighted by Gasteiger charge is 2.25. The van der Waals surface area contributed by atoms with Gasteiger partial charge < -0.3 is 19.9 Å². The highest BCUT2D eigenvalue weighted by Crippen LogP contribution is 2.31. The maximum absolute atomic E-state index is 15.5. The van der Waals surface area contributed by atoms with Crippen molar-refractivity contribution in [3.8, 4) is 0 Å². The maximum Gasteiger partial charge on any atom is 0.341 e. The van der Waals surface area contributed by atoms with Gasteiger partial charge in [-0.1, -0.05) is 18.2 Å². The van der Waals surface area contributed by atoms with Gasteiger partial charge >= 0.3 is 5.97 Å². The van der Waals surface area contributed by atoms with E-state index in [1.165, 1.54) is 23.4 Å². The topological polar surface area (TPSA) is 87.5 Å². The molecule has 0 aliphatic carbocycles. The molecule has 0 spiro atoms. The number of fused-ring (bicyclic) bond motifs is 3. The Morgan fingerprint density at radius 2 is 2.03 bits per heavy atom. The van der Waals surface area contributed by atoms with Crippen LogP contribution in [0.2, 0.25) is 0 Å². The van der Waals surface area contributed by atoms with E-state index in [9.17, 15) is 14.7 Å². The second-order valence-corrected chi connectivity index (χ2v) is 9.10. The van der Waals surface area contributed by atoms with Crippen molar-refractivity contribution in [2.24, 2.45) is 0 Å². The number of piperazine rings is 1. The molecule has 5 rings (SSSR count). The average Bonchev–Trinajstić information content (AvgIpc) is 2.85. The van der Waals surface area contributed by atoms with Gasteiger partial charge in [0.15, 0.2) is 0 Å². The molecule has 1 aliphatic heterocycles. The Morgan fingerprint density at radius 1 is 1.23 bits per heavy atom. The predicted molar refractivity (Wildman–Crippen MR) is 135 cm³/mol. The number of aromatic carboxylic acids is 1. The zero-order valence-electron chi connectivity index (χ0n) is 19.9. The zero-order chi connectivity index (χ0) is 24.9. The normalized spacial score (nSPS) is 16.2. The third kappa shape index (κ3) is 3.93. The van der Waals surface area contributed by atoms with Gasteiger partial charge in [0, 0.05) is 43.8 Å². The lowest BCUT2D eigenvalue weighted by atomic mass is 9.99. The lowest BCUT2D eigenvalue weighted by Crippen LogP contribution is -2.46. The molecule has 3 heterocycles. The summed E-state index contributed by atoms with van der Waals surface area (Å²) in [5.41, 5.74) is 4.00. The summed E-state index contributed by atoms with van der Waals surface area (Å²) in [5.74, 6) is -1.77. The molecule has 35 heavy (non-hydrogen) atoms. The molecule has 1 unspecified atom stereocenters. The Bertz CT molecular complexity index is 1550. The smallest absolute Gasteiger partial charge is 0.341 e. The van der Waals surface area contributed by atoms with Crippen LogP contribution in [-0.2, 0) is 6.54 Å². The molecular formula is C27H27FN4O3. The number of carboxylic acid groups (broad SMARTS) is 1. The van der Waals surface area contributed by atoms with E-state index >= 15 is 4.39 Å². The van der Waals surface area contributed by atoms with E-state index < -0.39 is 17.2 Å². The second-order valence-electron chi connectivity index (χ2n) is 9.10. The number of rotatable bonds is 4. The van der Waals surface area contributed by atoms with Gasteiger partial charge in [0.2, 0.25) is 5.43 Å². The predicted octanol–water partition coefficient (Wildman–Crippen LogP) is 4.17. The summed E-state index contributed by atoms with van der Waals surface area (Å²) in [6.45, 7) is 8.37. The van der Waals surface area contributed by atoms with E-state index in [0.717, 1.165) is 5.56 Å². The summed E-state index contributed by atoms with van der Waals surface area (Å²) < 4.78 is 17.2. The van der Waals surface area contributed by atoms with Gasteiger partial charge in [0.25, 0.3) is 0 Å². The van der Waals surface area contributed by atoms with Gasteiger partial charge in [-0.2, -0.15) is 0 Å². The van der Waals surface area contributed by atoms with Crippen LogP contribution in [0, 0.1) is 19.7 Å². The number of aryl methyl sites for hydroxylation is 3. The molecule has 180 valence electrons. The second kappa shape index (κ2) is 8.78. The molecule has 2 aromatic carbocycles. The fraction of sp³-hybridized carbons (Fsp3) is 0.296. The van der Waals surface area contributed by atoms with Crippen molar-refractivity contribution in [1.82, 2.24) is 14.9 Å². The largest absolute Gasteiger partial charge is 0.477 e. The first-order valence-electron chi connectivity index (χ1n) is 11.7. The lowest BCUT2D eigenvalue weighted by molar-refractivity contribution is 0.0695. The molecule has 0 bridgehead atoms. The van der Waals surface area contributed by atoms with E-state index in [0.29, 0.717) is 48.3 Å². The van der Waals surface area contributed by atoms with Crippen LogP contribution in [0.25, 0.3) is 21.8 Å². The number of carbonyl (C=O) groups is 1. The number of benzene rings is 2. The van der Waals surface area contributed by atoms with Gasteiger partial charge in [0.05, 0.1) is 28.3 Å². The minimum atomic E-state index is -1.31. The molecule has 2 N–H and O–H groups in total. The van der Waals surface area contributed by atoms with E-state index in [2.05, 4.69) is 42.3 Å². The van der Waals surface area contributed by atoms with Crippen molar-refractivity contribution in [2.45, 2.75) is 33.4 Å². The fourth-order valence-electron chi connectivity index (χ4n) is 4.90. The minimum absolute atomic E-state index is 0.0533. The molecule has 1 fully saturated rings. The first kappa shape index (κ1) is 23.0. The van der Waals surface area contributed by atoms with Crippen molar-refractivity contribution in [2.75, 3.05) is 24.5 Å². The summed E-state index contributed by atoms with van der Waals surface area (Å²) >= 11 is 0. The van der Waals surface area contributed by atoms with Crippen LogP contribution in [0.1, 0.15) is 40.0 Å². The molecule has 7 nitrogen and oxygen atoms in total. The Hall–Kier alpha value is -3.78. The molecule has 0 saturated carbocycles. The number of halogens is 1. The van der Waals surface area contributed by atoms with Crippen molar-refractivity contribution < 1.29 is 14.3 Å². The quantitative estimate of drug-likeness (QED) is 0.432. The Kier molecular flexibility index (Phi) is 5.76. The number of nitrogens with zero attached hydrogens (tertiary/aromatic N) is 3. The lowest BCUT2D eigenvalue weighted by Gasteiger charge is -2.36. The molecule has 1 saturated heterocycles. The van der Waals surface area contributed by atoms with Crippen LogP contribution in [0.4, 0.5) is 10.1 Å². The van der Waals surface area contributed by atoms with E-state index in [4.69, 9.17) is 0 Å². The van der Waals surface area contributed by atoms with Gasteiger partial charge in [-0.05, 0) is 49.6 Å². The maximum atomic E-state index is 15.5. The fourth-order valence-corrected chi connectivity index (χ4v) is 4.90. The van der Waals surface area contributed by atoms with Gasteiger partial charge in [-0.15, -0.1) is 0 Å². The summed E-state index contributed by atoms with van der Waals surface area (Å²) in [7, 11) is 0. The third-order valence-electron chi connectivity index (χ3n) is 7.00. The van der Waals surface area contributed by atoms with Gasteiger partial charge in [0.1, 0.15) is 11.4 Å². The first-order chi connectivity index (χ1) is 16.8. The van der Waals surface area contributed by atoms with Crippen LogP contribution < -0.4 is 15.6 Å². The number of hydrogen-bond acceptors (Lipinski definition) is 5. The number of carboxylic acids is 1. The number of nitrogens with one attached hydrogen (secondary N) is 1. The molecule has 1 atom stereocenters. The molecule has 0 radical (unpaired) electrons. The Morgan fingerprint density at radius 3 is 2.74 bits per heavy atom. The molecule has 8 heteroatoms. The average molecular weight is 475 g/mol. The Balaban J connectivity index is 1.60. The van der Waals surface area contributed by atoms with Crippen molar-refractivity contribution in [3.05, 3.63) is 81.0 Å². The summed E-state index contributed by atoms with van der Waals surface area (Å²) in [5, 5.41) is 13.5. The van der Waals surface area contributed by atoms with Crippen LogP contribution >= 0.6 is 0 Å². The minimum Gasteiger partial charge on any atom is -0.477 e. The third-order valence-corrected chi connectivity index (χ3v) is 7.00. The number of aromatic nitrogens is 2. The SMILES string of the molecule is CCn1cc(C(=O)O)c(=O)c2c3cc(F)c(N4CCNC(c5ccc(C)c(C)c5)C4)cc3ncc21.